The lowest BCUT2D eigenvalue weighted by molar-refractivity contribution is -0.150. The van der Waals surface area contributed by atoms with Gasteiger partial charge in [-0.05, 0) is 19.3 Å². The van der Waals surface area contributed by atoms with Crippen molar-refractivity contribution in [3.8, 4) is 0 Å². The highest BCUT2D eigenvalue weighted by atomic mass is 35.5. The van der Waals surface area contributed by atoms with Crippen molar-refractivity contribution >= 4 is 11.6 Å². The Labute approximate surface area is 84.0 Å². The maximum Gasteiger partial charge on any atom is 0.159 e. The zero-order valence-electron chi connectivity index (χ0n) is 8.07. The van der Waals surface area contributed by atoms with Gasteiger partial charge < -0.3 is 14.6 Å². The maximum atomic E-state index is 9.49. The minimum atomic E-state index is -0.311. The molecule has 0 amide bonds. The molecule has 78 valence electrons. The van der Waals surface area contributed by atoms with E-state index in [1.165, 1.54) is 0 Å². The van der Waals surface area contributed by atoms with Crippen LogP contribution in [0.4, 0.5) is 0 Å². The second kappa shape index (κ2) is 5.15. The van der Waals surface area contributed by atoms with Crippen LogP contribution < -0.4 is 0 Å². The Kier molecular flexibility index (Phi) is 4.46. The monoisotopic (exact) mass is 208 g/mol. The minimum absolute atomic E-state index is 0.0431. The molecule has 3 atom stereocenters. The van der Waals surface area contributed by atoms with E-state index in [0.717, 1.165) is 12.8 Å². The molecule has 1 aliphatic carbocycles. The Morgan fingerprint density at radius 1 is 1.23 bits per heavy atom. The first-order valence-electron chi connectivity index (χ1n) is 4.55. The zero-order valence-corrected chi connectivity index (χ0v) is 8.83. The summed E-state index contributed by atoms with van der Waals surface area (Å²) in [6.07, 6.45) is 1.70. The summed E-state index contributed by atoms with van der Waals surface area (Å²) in [6.45, 7) is 0. The first-order valence-corrected chi connectivity index (χ1v) is 4.98. The van der Waals surface area contributed by atoms with Gasteiger partial charge in [0, 0.05) is 25.5 Å². The van der Waals surface area contributed by atoms with Crippen LogP contribution >= 0.6 is 11.6 Å². The van der Waals surface area contributed by atoms with Gasteiger partial charge in [0.25, 0.3) is 0 Å². The predicted octanol–water partition coefficient (Wildman–Crippen LogP) is 1.37. The molecule has 0 aliphatic heterocycles. The van der Waals surface area contributed by atoms with E-state index in [9.17, 15) is 5.11 Å². The first-order chi connectivity index (χ1) is 6.17. The Morgan fingerprint density at radius 2 is 1.85 bits per heavy atom. The van der Waals surface area contributed by atoms with E-state index in [0.29, 0.717) is 6.42 Å². The van der Waals surface area contributed by atoms with Crippen LogP contribution in [0, 0.1) is 5.92 Å². The molecule has 0 aromatic rings. The summed E-state index contributed by atoms with van der Waals surface area (Å²) < 4.78 is 10.3. The van der Waals surface area contributed by atoms with Crippen molar-refractivity contribution in [3.63, 3.8) is 0 Å². The van der Waals surface area contributed by atoms with Crippen molar-refractivity contribution in [1.82, 2.24) is 0 Å². The molecule has 0 spiro atoms. The van der Waals surface area contributed by atoms with Crippen molar-refractivity contribution in [2.45, 2.75) is 37.0 Å². The molecule has 3 nitrogen and oxygen atoms in total. The standard InChI is InChI=1S/C9H17ClO3/c1-12-9(13-2)6-3-7(10)5-8(11)4-6/h6-9,11H,3-5H2,1-2H3. The van der Waals surface area contributed by atoms with Gasteiger partial charge in [-0.15, -0.1) is 11.6 Å². The number of alkyl halides is 1. The van der Waals surface area contributed by atoms with E-state index >= 15 is 0 Å². The minimum Gasteiger partial charge on any atom is -0.393 e. The molecule has 1 rings (SSSR count). The number of aliphatic hydroxyl groups is 1. The molecule has 0 aromatic heterocycles. The Bertz CT molecular complexity index is 140. The summed E-state index contributed by atoms with van der Waals surface area (Å²) in [5, 5.41) is 9.54. The molecular weight excluding hydrogens is 192 g/mol. The van der Waals surface area contributed by atoms with Gasteiger partial charge in [-0.25, -0.2) is 0 Å². The topological polar surface area (TPSA) is 38.7 Å². The number of methoxy groups -OCH3 is 2. The molecular formula is C9H17ClO3. The maximum absolute atomic E-state index is 9.49. The summed E-state index contributed by atoms with van der Waals surface area (Å²) in [4.78, 5) is 0. The lowest BCUT2D eigenvalue weighted by atomic mass is 9.86. The summed E-state index contributed by atoms with van der Waals surface area (Å²) in [5.41, 5.74) is 0. The Hall–Kier alpha value is 0.170. The normalized spacial score (nSPS) is 35.3. The third-order valence-electron chi connectivity index (χ3n) is 2.51. The van der Waals surface area contributed by atoms with Gasteiger partial charge in [-0.1, -0.05) is 0 Å². The fraction of sp³-hybridized carbons (Fsp3) is 1.00. The highest BCUT2D eigenvalue weighted by molar-refractivity contribution is 6.20. The molecule has 0 aromatic carbocycles. The van der Waals surface area contributed by atoms with Crippen LogP contribution in [0.25, 0.3) is 0 Å². The Morgan fingerprint density at radius 3 is 2.31 bits per heavy atom. The highest BCUT2D eigenvalue weighted by Crippen LogP contribution is 2.31. The van der Waals surface area contributed by atoms with E-state index in [4.69, 9.17) is 21.1 Å². The van der Waals surface area contributed by atoms with Crippen molar-refractivity contribution in [2.24, 2.45) is 5.92 Å². The third-order valence-corrected chi connectivity index (χ3v) is 2.87. The summed E-state index contributed by atoms with van der Waals surface area (Å²) >= 11 is 5.99. The number of ether oxygens (including phenoxy) is 2. The average Bonchev–Trinajstić information content (AvgIpc) is 2.04. The molecule has 1 fully saturated rings. The quantitative estimate of drug-likeness (QED) is 0.563. The van der Waals surface area contributed by atoms with E-state index in [-0.39, 0.29) is 23.7 Å². The van der Waals surface area contributed by atoms with Gasteiger partial charge in [-0.2, -0.15) is 0 Å². The number of aliphatic hydroxyl groups excluding tert-OH is 1. The summed E-state index contributed by atoms with van der Waals surface area (Å²) in [7, 11) is 3.22. The molecule has 3 unspecified atom stereocenters. The summed E-state index contributed by atoms with van der Waals surface area (Å²) in [5.74, 6) is 0.209. The second-order valence-electron chi connectivity index (χ2n) is 3.56. The molecule has 4 heteroatoms. The van der Waals surface area contributed by atoms with Crippen LogP contribution in [0.5, 0.6) is 0 Å². The number of hydrogen-bond donors (Lipinski definition) is 1. The van der Waals surface area contributed by atoms with Crippen molar-refractivity contribution < 1.29 is 14.6 Å². The van der Waals surface area contributed by atoms with Gasteiger partial charge in [0.15, 0.2) is 6.29 Å². The lowest BCUT2D eigenvalue weighted by Crippen LogP contribution is -2.35. The van der Waals surface area contributed by atoms with Gasteiger partial charge in [0.2, 0.25) is 0 Å². The molecule has 13 heavy (non-hydrogen) atoms. The van der Waals surface area contributed by atoms with Crippen molar-refractivity contribution in [3.05, 3.63) is 0 Å². The highest BCUT2D eigenvalue weighted by Gasteiger charge is 2.31. The molecule has 1 saturated carbocycles. The van der Waals surface area contributed by atoms with E-state index < -0.39 is 0 Å². The first kappa shape index (κ1) is 11.2. The van der Waals surface area contributed by atoms with Gasteiger partial charge in [0.05, 0.1) is 6.10 Å². The van der Waals surface area contributed by atoms with E-state index in [1.807, 2.05) is 0 Å². The predicted molar refractivity (Wildman–Crippen MR) is 50.8 cm³/mol. The van der Waals surface area contributed by atoms with Crippen LogP contribution in [-0.4, -0.2) is 37.1 Å². The van der Waals surface area contributed by atoms with Crippen LogP contribution in [0.15, 0.2) is 0 Å². The third kappa shape index (κ3) is 3.09. The molecule has 0 heterocycles. The molecule has 0 radical (unpaired) electrons. The van der Waals surface area contributed by atoms with Gasteiger partial charge >= 0.3 is 0 Å². The van der Waals surface area contributed by atoms with Gasteiger partial charge in [-0.3, -0.25) is 0 Å². The molecule has 0 bridgehead atoms. The van der Waals surface area contributed by atoms with E-state index in [1.54, 1.807) is 14.2 Å². The largest absolute Gasteiger partial charge is 0.393 e. The number of hydrogen-bond acceptors (Lipinski definition) is 3. The Balaban J connectivity index is 2.48. The summed E-state index contributed by atoms with van der Waals surface area (Å²) in [6, 6.07) is 0. The van der Waals surface area contributed by atoms with Crippen LogP contribution in [0.2, 0.25) is 0 Å². The number of halogens is 1. The van der Waals surface area contributed by atoms with Crippen LogP contribution in [0.3, 0.4) is 0 Å². The van der Waals surface area contributed by atoms with Crippen LogP contribution in [0.1, 0.15) is 19.3 Å². The SMILES string of the molecule is COC(OC)C1CC(O)CC(Cl)C1. The fourth-order valence-electron chi connectivity index (χ4n) is 1.97. The average molecular weight is 209 g/mol. The molecule has 1 N–H and O–H groups in total. The molecule has 0 saturated heterocycles. The zero-order chi connectivity index (χ0) is 9.84. The fourth-order valence-corrected chi connectivity index (χ4v) is 2.40. The van der Waals surface area contributed by atoms with Gasteiger partial charge in [0.1, 0.15) is 0 Å². The van der Waals surface area contributed by atoms with Crippen molar-refractivity contribution in [1.29, 1.82) is 0 Å². The smallest absolute Gasteiger partial charge is 0.159 e. The van der Waals surface area contributed by atoms with E-state index in [2.05, 4.69) is 0 Å². The lowest BCUT2D eigenvalue weighted by Gasteiger charge is -2.33. The second-order valence-corrected chi connectivity index (χ2v) is 4.18. The van der Waals surface area contributed by atoms with Crippen LogP contribution in [-0.2, 0) is 9.47 Å². The van der Waals surface area contributed by atoms with Crippen molar-refractivity contribution in [2.75, 3.05) is 14.2 Å². The number of rotatable bonds is 3. The molecule has 1 aliphatic rings.